The van der Waals surface area contributed by atoms with E-state index in [0.29, 0.717) is 5.56 Å². The fourth-order valence-corrected chi connectivity index (χ4v) is 1.38. The van der Waals surface area contributed by atoms with Gasteiger partial charge < -0.3 is 15.6 Å². The van der Waals surface area contributed by atoms with E-state index in [9.17, 15) is 9.59 Å². The summed E-state index contributed by atoms with van der Waals surface area (Å²) in [6.07, 6.45) is 0. The van der Waals surface area contributed by atoms with Crippen LogP contribution in [0.2, 0.25) is 0 Å². The molecule has 0 aliphatic carbocycles. The summed E-state index contributed by atoms with van der Waals surface area (Å²) in [4.78, 5) is 20.5. The molecule has 0 bridgehead atoms. The molecule has 0 aliphatic heterocycles. The van der Waals surface area contributed by atoms with Gasteiger partial charge in [-0.1, -0.05) is 18.2 Å². The van der Waals surface area contributed by atoms with Gasteiger partial charge in [-0.2, -0.15) is 0 Å². The van der Waals surface area contributed by atoms with E-state index in [4.69, 9.17) is 22.4 Å². The summed E-state index contributed by atoms with van der Waals surface area (Å²) in [5.74, 6) is -0.925. The lowest BCUT2D eigenvalue weighted by molar-refractivity contribution is 0.0692. The van der Waals surface area contributed by atoms with Gasteiger partial charge >= 0.3 is 11.4 Å². The lowest BCUT2D eigenvalue weighted by atomic mass is 10.1. The predicted molar refractivity (Wildman–Crippen MR) is 73.4 cm³/mol. The van der Waals surface area contributed by atoms with Gasteiger partial charge in [0.2, 0.25) is 0 Å². The first-order chi connectivity index (χ1) is 8.67. The topological polar surface area (TPSA) is 89.6 Å². The van der Waals surface area contributed by atoms with Crippen LogP contribution in [0, 0.1) is 0 Å². The number of nitrogens with two attached hydrogens (primary N) is 1. The van der Waals surface area contributed by atoms with E-state index < -0.39 is 17.0 Å². The quantitative estimate of drug-likeness (QED) is 0.816. The minimum Gasteiger partial charge on any atom is -0.478 e. The average molecular weight is 288 g/mol. The van der Waals surface area contributed by atoms with E-state index in [2.05, 4.69) is 4.74 Å². The summed E-state index contributed by atoms with van der Waals surface area (Å²) in [6, 6.07) is 6.71. The zero-order chi connectivity index (χ0) is 15.1. The van der Waals surface area contributed by atoms with Crippen molar-refractivity contribution >= 4 is 23.0 Å². The van der Waals surface area contributed by atoms with Crippen molar-refractivity contribution < 1.29 is 19.4 Å². The summed E-state index contributed by atoms with van der Waals surface area (Å²) >= 11 is 4.90. The third-order valence-electron chi connectivity index (χ3n) is 1.85. The molecule has 3 N–H and O–H groups in total. The standard InChI is InChI=1S/C8H9NO2.C5H9ClO2/c9-5-6-3-1-2-4-7(6)8(10)11;1-5(2,3)8-4(6)7/h1-4H,5,9H2,(H,10,11);1-3H3. The number of hydrogen-bond donors (Lipinski definition) is 2. The molecular formula is C13H18ClNO4. The molecule has 0 amide bonds. The Morgan fingerprint density at radius 1 is 1.32 bits per heavy atom. The van der Waals surface area contributed by atoms with Gasteiger partial charge in [-0.3, -0.25) is 0 Å². The Morgan fingerprint density at radius 2 is 1.84 bits per heavy atom. The van der Waals surface area contributed by atoms with Crippen molar-refractivity contribution in [2.24, 2.45) is 5.73 Å². The van der Waals surface area contributed by atoms with E-state index >= 15 is 0 Å². The number of ether oxygens (including phenoxy) is 1. The third-order valence-corrected chi connectivity index (χ3v) is 1.93. The molecule has 5 nitrogen and oxygen atoms in total. The molecule has 1 aromatic rings. The Balaban J connectivity index is 0.000000362. The van der Waals surface area contributed by atoms with E-state index in [-0.39, 0.29) is 12.1 Å². The van der Waals surface area contributed by atoms with Gasteiger partial charge in [0.05, 0.1) is 5.56 Å². The van der Waals surface area contributed by atoms with Gasteiger partial charge in [-0.05, 0) is 32.4 Å². The van der Waals surface area contributed by atoms with Crippen LogP contribution in [0.4, 0.5) is 4.79 Å². The fraction of sp³-hybridized carbons (Fsp3) is 0.385. The molecule has 0 fully saturated rings. The number of halogens is 1. The maximum absolute atomic E-state index is 10.5. The lowest BCUT2D eigenvalue weighted by Crippen LogP contribution is -2.20. The third kappa shape index (κ3) is 8.18. The van der Waals surface area contributed by atoms with Gasteiger partial charge in [0.15, 0.2) is 0 Å². The lowest BCUT2D eigenvalue weighted by Gasteiger charge is -2.16. The molecule has 0 unspecified atom stereocenters. The van der Waals surface area contributed by atoms with Crippen LogP contribution in [0.25, 0.3) is 0 Å². The van der Waals surface area contributed by atoms with E-state index in [1.807, 2.05) is 0 Å². The largest absolute Gasteiger partial charge is 0.478 e. The van der Waals surface area contributed by atoms with Crippen LogP contribution in [0.5, 0.6) is 0 Å². The highest BCUT2D eigenvalue weighted by Crippen LogP contribution is 2.08. The number of hydrogen-bond acceptors (Lipinski definition) is 4. The van der Waals surface area contributed by atoms with E-state index in [0.717, 1.165) is 0 Å². The molecule has 0 heterocycles. The Kier molecular flexibility index (Phi) is 7.11. The van der Waals surface area contributed by atoms with Gasteiger partial charge in [-0.25, -0.2) is 9.59 Å². The zero-order valence-electron chi connectivity index (χ0n) is 11.1. The molecule has 0 saturated heterocycles. The van der Waals surface area contributed by atoms with Crippen LogP contribution in [-0.4, -0.2) is 22.1 Å². The molecule has 19 heavy (non-hydrogen) atoms. The van der Waals surface area contributed by atoms with Gasteiger partial charge in [0.25, 0.3) is 0 Å². The number of carbonyl (C=O) groups excluding carboxylic acids is 1. The van der Waals surface area contributed by atoms with Crippen LogP contribution in [0.3, 0.4) is 0 Å². The molecule has 0 radical (unpaired) electrons. The van der Waals surface area contributed by atoms with Crippen molar-refractivity contribution in [1.82, 2.24) is 0 Å². The smallest absolute Gasteiger partial charge is 0.404 e. The molecular weight excluding hydrogens is 270 g/mol. The molecule has 1 rings (SSSR count). The first-order valence-electron chi connectivity index (χ1n) is 5.57. The van der Waals surface area contributed by atoms with Crippen LogP contribution < -0.4 is 5.73 Å². The minimum atomic E-state index is -0.925. The van der Waals surface area contributed by atoms with Crippen molar-refractivity contribution in [3.05, 3.63) is 35.4 Å². The monoisotopic (exact) mass is 287 g/mol. The molecule has 6 heteroatoms. The minimum absolute atomic E-state index is 0.266. The number of carboxylic acid groups (broad SMARTS) is 1. The van der Waals surface area contributed by atoms with Crippen molar-refractivity contribution in [3.8, 4) is 0 Å². The van der Waals surface area contributed by atoms with E-state index in [1.165, 1.54) is 0 Å². The number of rotatable bonds is 2. The second-order valence-corrected chi connectivity index (χ2v) is 4.93. The average Bonchev–Trinajstić information content (AvgIpc) is 2.26. The van der Waals surface area contributed by atoms with Gasteiger partial charge in [0, 0.05) is 18.1 Å². The molecule has 0 saturated carbocycles. The van der Waals surface area contributed by atoms with Gasteiger partial charge in [0.1, 0.15) is 5.60 Å². The molecule has 106 valence electrons. The normalized spacial score (nSPS) is 10.2. The van der Waals surface area contributed by atoms with Crippen molar-refractivity contribution in [2.45, 2.75) is 32.9 Å². The number of aromatic carboxylic acids is 1. The van der Waals surface area contributed by atoms with Crippen molar-refractivity contribution in [3.63, 3.8) is 0 Å². The Labute approximate surface area is 117 Å². The first-order valence-corrected chi connectivity index (χ1v) is 5.95. The summed E-state index contributed by atoms with van der Waals surface area (Å²) in [7, 11) is 0. The number of carbonyl (C=O) groups is 2. The van der Waals surface area contributed by atoms with Crippen LogP contribution in [0.15, 0.2) is 24.3 Å². The second-order valence-electron chi connectivity index (χ2n) is 4.62. The Morgan fingerprint density at radius 3 is 2.11 bits per heavy atom. The highest BCUT2D eigenvalue weighted by molar-refractivity contribution is 6.61. The Bertz CT molecular complexity index is 441. The number of carboxylic acids is 1. The summed E-state index contributed by atoms with van der Waals surface area (Å²) in [5.41, 5.74) is 5.07. The van der Waals surface area contributed by atoms with Crippen molar-refractivity contribution in [1.29, 1.82) is 0 Å². The highest BCUT2D eigenvalue weighted by Gasteiger charge is 2.13. The summed E-state index contributed by atoms with van der Waals surface area (Å²) in [6.45, 7) is 5.54. The fourth-order valence-electron chi connectivity index (χ4n) is 1.15. The number of benzene rings is 1. The predicted octanol–water partition coefficient (Wildman–Crippen LogP) is 3.00. The van der Waals surface area contributed by atoms with Crippen LogP contribution in [0.1, 0.15) is 36.7 Å². The maximum atomic E-state index is 10.5. The molecule has 0 atom stereocenters. The Hall–Kier alpha value is -1.59. The van der Waals surface area contributed by atoms with Crippen molar-refractivity contribution in [2.75, 3.05) is 0 Å². The van der Waals surface area contributed by atoms with E-state index in [1.54, 1.807) is 45.0 Å². The van der Waals surface area contributed by atoms with Crippen LogP contribution >= 0.6 is 11.6 Å². The molecule has 0 aromatic heterocycles. The molecule has 1 aromatic carbocycles. The zero-order valence-corrected chi connectivity index (χ0v) is 11.9. The second kappa shape index (κ2) is 7.76. The first kappa shape index (κ1) is 17.4. The van der Waals surface area contributed by atoms with Gasteiger partial charge in [-0.15, -0.1) is 0 Å². The molecule has 0 spiro atoms. The SMILES string of the molecule is CC(C)(C)OC(=O)Cl.NCc1ccccc1C(=O)O. The summed E-state index contributed by atoms with van der Waals surface area (Å²) < 4.78 is 4.56. The summed E-state index contributed by atoms with van der Waals surface area (Å²) in [5, 5.41) is 8.64. The maximum Gasteiger partial charge on any atom is 0.404 e. The molecule has 0 aliphatic rings. The van der Waals surface area contributed by atoms with Crippen LogP contribution in [-0.2, 0) is 11.3 Å². The highest BCUT2D eigenvalue weighted by atomic mass is 35.5.